The second-order valence-corrected chi connectivity index (χ2v) is 5.53. The summed E-state index contributed by atoms with van der Waals surface area (Å²) in [6.07, 6.45) is 0. The third-order valence-electron chi connectivity index (χ3n) is 2.38. The Balaban J connectivity index is 1.87. The first-order valence-electron chi connectivity index (χ1n) is 5.72. The van der Waals surface area contributed by atoms with E-state index in [1.165, 1.54) is 0 Å². The van der Waals surface area contributed by atoms with Gasteiger partial charge >= 0.3 is 0 Å². The fourth-order valence-electron chi connectivity index (χ4n) is 1.48. The van der Waals surface area contributed by atoms with E-state index in [1.807, 2.05) is 0 Å². The maximum Gasteiger partial charge on any atom is 0.139 e. The highest BCUT2D eigenvalue weighted by molar-refractivity contribution is 6.34. The molecule has 2 aromatic rings. The maximum atomic E-state index is 5.98. The molecule has 0 aromatic heterocycles. The van der Waals surface area contributed by atoms with E-state index in [2.05, 4.69) is 0 Å². The van der Waals surface area contributed by atoms with Crippen LogP contribution in [-0.2, 0) is 0 Å². The van der Waals surface area contributed by atoms with Crippen LogP contribution < -0.4 is 9.47 Å². The molecule has 0 amide bonds. The topological polar surface area (TPSA) is 18.5 Å². The number of rotatable bonds is 5. The van der Waals surface area contributed by atoms with E-state index in [9.17, 15) is 0 Å². The number of hydrogen-bond donors (Lipinski definition) is 0. The Morgan fingerprint density at radius 3 is 1.45 bits per heavy atom. The Labute approximate surface area is 137 Å². The third kappa shape index (κ3) is 4.35. The summed E-state index contributed by atoms with van der Waals surface area (Å²) in [6, 6.07) is 10.0. The minimum Gasteiger partial charge on any atom is -0.488 e. The lowest BCUT2D eigenvalue weighted by Crippen LogP contribution is -2.09. The van der Waals surface area contributed by atoms with Crippen molar-refractivity contribution in [3.8, 4) is 11.5 Å². The predicted octanol–water partition coefficient (Wildman–Crippen LogP) is 5.76. The van der Waals surface area contributed by atoms with E-state index < -0.39 is 0 Å². The predicted molar refractivity (Wildman–Crippen MR) is 83.9 cm³/mol. The lowest BCUT2D eigenvalue weighted by molar-refractivity contribution is 0.217. The zero-order valence-electron chi connectivity index (χ0n) is 10.2. The van der Waals surface area contributed by atoms with Crippen LogP contribution in [0.15, 0.2) is 36.4 Å². The molecule has 106 valence electrons. The molecule has 0 spiro atoms. The molecule has 0 unspecified atom stereocenters. The molecule has 2 aromatic carbocycles. The van der Waals surface area contributed by atoms with Crippen LogP contribution in [0.4, 0.5) is 0 Å². The van der Waals surface area contributed by atoms with Crippen molar-refractivity contribution in [2.24, 2.45) is 0 Å². The molecule has 0 heterocycles. The number of benzene rings is 2. The van der Waals surface area contributed by atoms with Gasteiger partial charge in [0, 0.05) is 22.2 Å². The van der Waals surface area contributed by atoms with Gasteiger partial charge in [-0.25, -0.2) is 0 Å². The van der Waals surface area contributed by atoms with E-state index in [0.29, 0.717) is 44.8 Å². The summed E-state index contributed by atoms with van der Waals surface area (Å²) in [5.74, 6) is 1.03. The van der Waals surface area contributed by atoms with Gasteiger partial charge in [-0.1, -0.05) is 46.4 Å². The van der Waals surface area contributed by atoms with Crippen molar-refractivity contribution in [3.05, 3.63) is 56.5 Å². The highest BCUT2D eigenvalue weighted by Gasteiger charge is 2.05. The Kier molecular flexibility index (Phi) is 5.67. The monoisotopic (exact) mass is 350 g/mol. The SMILES string of the molecule is Clc1ccc(Cl)c(OCCOc2cc(Cl)ccc2Cl)c1. The Morgan fingerprint density at radius 2 is 1.05 bits per heavy atom. The minimum atomic E-state index is 0.308. The van der Waals surface area contributed by atoms with Crippen molar-refractivity contribution < 1.29 is 9.47 Å². The maximum absolute atomic E-state index is 5.98. The van der Waals surface area contributed by atoms with Gasteiger partial charge in [0.15, 0.2) is 0 Å². The highest BCUT2D eigenvalue weighted by atomic mass is 35.5. The van der Waals surface area contributed by atoms with Crippen LogP contribution >= 0.6 is 46.4 Å². The second kappa shape index (κ2) is 7.28. The lowest BCUT2D eigenvalue weighted by Gasteiger charge is -2.11. The number of ether oxygens (including phenoxy) is 2. The van der Waals surface area contributed by atoms with E-state index >= 15 is 0 Å². The van der Waals surface area contributed by atoms with Crippen molar-refractivity contribution >= 4 is 46.4 Å². The molecule has 0 fully saturated rings. The molecule has 0 aliphatic carbocycles. The molecule has 20 heavy (non-hydrogen) atoms. The molecular formula is C14H10Cl4O2. The lowest BCUT2D eigenvalue weighted by atomic mass is 10.3. The van der Waals surface area contributed by atoms with Crippen molar-refractivity contribution in [1.29, 1.82) is 0 Å². The summed E-state index contributed by atoms with van der Waals surface area (Å²) < 4.78 is 11.0. The van der Waals surface area contributed by atoms with Crippen LogP contribution in [0.3, 0.4) is 0 Å². The molecule has 0 aliphatic heterocycles. The van der Waals surface area contributed by atoms with E-state index in [1.54, 1.807) is 36.4 Å². The highest BCUT2D eigenvalue weighted by Crippen LogP contribution is 2.29. The largest absolute Gasteiger partial charge is 0.488 e. The van der Waals surface area contributed by atoms with E-state index in [0.717, 1.165) is 0 Å². The first-order valence-corrected chi connectivity index (χ1v) is 7.23. The average Bonchev–Trinajstić information content (AvgIpc) is 2.42. The zero-order valence-corrected chi connectivity index (χ0v) is 13.2. The van der Waals surface area contributed by atoms with Gasteiger partial charge < -0.3 is 9.47 Å². The normalized spacial score (nSPS) is 10.4. The fourth-order valence-corrected chi connectivity index (χ4v) is 2.15. The zero-order chi connectivity index (χ0) is 14.5. The first-order chi connectivity index (χ1) is 9.56. The van der Waals surface area contributed by atoms with Crippen molar-refractivity contribution in [1.82, 2.24) is 0 Å². The summed E-state index contributed by atoms with van der Waals surface area (Å²) in [5.41, 5.74) is 0. The average molecular weight is 352 g/mol. The molecule has 6 heteroatoms. The van der Waals surface area contributed by atoms with E-state index in [-0.39, 0.29) is 0 Å². The molecular weight excluding hydrogens is 342 g/mol. The fraction of sp³-hybridized carbons (Fsp3) is 0.143. The number of hydrogen-bond acceptors (Lipinski definition) is 2. The summed E-state index contributed by atoms with van der Waals surface area (Å²) in [5, 5.41) is 2.11. The smallest absolute Gasteiger partial charge is 0.139 e. The first kappa shape index (κ1) is 15.6. The molecule has 2 nitrogen and oxygen atoms in total. The van der Waals surface area contributed by atoms with Gasteiger partial charge in [-0.2, -0.15) is 0 Å². The molecule has 0 aliphatic rings. The summed E-state index contributed by atoms with van der Waals surface area (Å²) >= 11 is 23.7. The standard InChI is InChI=1S/C14H10Cl4O2/c15-9-1-3-11(17)13(7-9)19-5-6-20-14-8-10(16)2-4-12(14)18/h1-4,7-8H,5-6H2. The Bertz CT molecular complexity index is 548. The summed E-state index contributed by atoms with van der Waals surface area (Å²) in [4.78, 5) is 0. The van der Waals surface area contributed by atoms with Crippen LogP contribution in [0.2, 0.25) is 20.1 Å². The van der Waals surface area contributed by atoms with Gasteiger partial charge in [-0.3, -0.25) is 0 Å². The van der Waals surface area contributed by atoms with E-state index in [4.69, 9.17) is 55.9 Å². The van der Waals surface area contributed by atoms with Gasteiger partial charge in [0.2, 0.25) is 0 Å². The van der Waals surface area contributed by atoms with Gasteiger partial charge in [-0.15, -0.1) is 0 Å². The molecule has 2 rings (SSSR count). The van der Waals surface area contributed by atoms with Crippen molar-refractivity contribution in [2.75, 3.05) is 13.2 Å². The van der Waals surface area contributed by atoms with Crippen LogP contribution in [0.5, 0.6) is 11.5 Å². The minimum absolute atomic E-state index is 0.308. The molecule has 0 radical (unpaired) electrons. The van der Waals surface area contributed by atoms with Crippen LogP contribution in [0.25, 0.3) is 0 Å². The molecule has 0 N–H and O–H groups in total. The van der Waals surface area contributed by atoms with Crippen molar-refractivity contribution in [3.63, 3.8) is 0 Å². The van der Waals surface area contributed by atoms with Gasteiger partial charge in [0.05, 0.1) is 10.0 Å². The molecule has 0 bridgehead atoms. The summed E-state index contributed by atoms with van der Waals surface area (Å²) in [6.45, 7) is 0.617. The van der Waals surface area contributed by atoms with Crippen molar-refractivity contribution in [2.45, 2.75) is 0 Å². The van der Waals surface area contributed by atoms with Gasteiger partial charge in [-0.05, 0) is 24.3 Å². The van der Waals surface area contributed by atoms with Gasteiger partial charge in [0.1, 0.15) is 24.7 Å². The quantitative estimate of drug-likeness (QED) is 0.637. The van der Waals surface area contributed by atoms with Crippen LogP contribution in [-0.4, -0.2) is 13.2 Å². The molecule has 0 atom stereocenters. The van der Waals surface area contributed by atoms with Gasteiger partial charge in [0.25, 0.3) is 0 Å². The van der Waals surface area contributed by atoms with Crippen LogP contribution in [0.1, 0.15) is 0 Å². The number of halogens is 4. The Morgan fingerprint density at radius 1 is 0.650 bits per heavy atom. The molecule has 0 saturated heterocycles. The second-order valence-electron chi connectivity index (χ2n) is 3.85. The summed E-state index contributed by atoms with van der Waals surface area (Å²) in [7, 11) is 0. The van der Waals surface area contributed by atoms with Crippen LogP contribution in [0, 0.1) is 0 Å². The molecule has 0 saturated carbocycles. The Hall–Kier alpha value is -0.800. The third-order valence-corrected chi connectivity index (χ3v) is 3.48.